The van der Waals surface area contributed by atoms with Gasteiger partial charge in [0.2, 0.25) is 5.89 Å². The molecule has 7 heteroatoms. The highest BCUT2D eigenvalue weighted by Crippen LogP contribution is 2.22. The summed E-state index contributed by atoms with van der Waals surface area (Å²) in [4.78, 5) is 6.68. The van der Waals surface area contributed by atoms with E-state index in [1.807, 2.05) is 12.1 Å². The van der Waals surface area contributed by atoms with Crippen molar-refractivity contribution in [1.82, 2.24) is 25.7 Å². The van der Waals surface area contributed by atoms with Crippen molar-refractivity contribution in [2.45, 2.75) is 45.2 Å². The SMILES string of the molecule is CCCc1nc(CNC[C@@H]2CCCN2c2cccnn2)no1. The Balaban J connectivity index is 1.50. The fourth-order valence-electron chi connectivity index (χ4n) is 2.82. The van der Waals surface area contributed by atoms with Crippen LogP contribution in [0.2, 0.25) is 0 Å². The van der Waals surface area contributed by atoms with Crippen molar-refractivity contribution in [3.05, 3.63) is 30.0 Å². The Bertz CT molecular complexity index is 572. The molecule has 0 spiro atoms. The average molecular weight is 302 g/mol. The molecular formula is C15H22N6O. The summed E-state index contributed by atoms with van der Waals surface area (Å²) in [6.07, 6.45) is 5.92. The highest BCUT2D eigenvalue weighted by Gasteiger charge is 2.25. The van der Waals surface area contributed by atoms with Crippen LogP contribution in [-0.4, -0.2) is 39.5 Å². The van der Waals surface area contributed by atoms with Crippen molar-refractivity contribution < 1.29 is 4.52 Å². The minimum absolute atomic E-state index is 0.443. The molecular weight excluding hydrogens is 280 g/mol. The van der Waals surface area contributed by atoms with E-state index in [-0.39, 0.29) is 0 Å². The minimum Gasteiger partial charge on any atom is -0.351 e. The maximum atomic E-state index is 5.19. The lowest BCUT2D eigenvalue weighted by atomic mass is 10.2. The summed E-state index contributed by atoms with van der Waals surface area (Å²) in [6.45, 7) is 4.66. The van der Waals surface area contributed by atoms with Crippen LogP contribution >= 0.6 is 0 Å². The number of anilines is 1. The molecule has 1 atom stereocenters. The van der Waals surface area contributed by atoms with Gasteiger partial charge in [0.05, 0.1) is 6.54 Å². The maximum absolute atomic E-state index is 5.19. The summed E-state index contributed by atoms with van der Waals surface area (Å²) in [7, 11) is 0. The summed E-state index contributed by atoms with van der Waals surface area (Å²) in [6, 6.07) is 4.39. The second-order valence-corrected chi connectivity index (χ2v) is 5.56. The van der Waals surface area contributed by atoms with Crippen LogP contribution in [0.1, 0.15) is 37.9 Å². The lowest BCUT2D eigenvalue weighted by molar-refractivity contribution is 0.370. The Kier molecular flexibility index (Phi) is 4.95. The molecule has 2 aromatic rings. The summed E-state index contributed by atoms with van der Waals surface area (Å²) < 4.78 is 5.19. The van der Waals surface area contributed by atoms with Gasteiger partial charge in [0.1, 0.15) is 0 Å². The third kappa shape index (κ3) is 3.59. The minimum atomic E-state index is 0.443. The van der Waals surface area contributed by atoms with Crippen LogP contribution in [0.4, 0.5) is 5.82 Å². The molecule has 0 saturated carbocycles. The number of nitrogens with one attached hydrogen (secondary N) is 1. The van der Waals surface area contributed by atoms with Crippen LogP contribution in [0.25, 0.3) is 0 Å². The van der Waals surface area contributed by atoms with Crippen LogP contribution in [0, 0.1) is 0 Å². The molecule has 1 aliphatic rings. The zero-order valence-electron chi connectivity index (χ0n) is 12.9. The lowest BCUT2D eigenvalue weighted by Gasteiger charge is -2.25. The van der Waals surface area contributed by atoms with E-state index < -0.39 is 0 Å². The van der Waals surface area contributed by atoms with Gasteiger partial charge in [-0.15, -0.1) is 5.10 Å². The van der Waals surface area contributed by atoms with Crippen LogP contribution < -0.4 is 10.2 Å². The Hall–Kier alpha value is -2.02. The van der Waals surface area contributed by atoms with E-state index >= 15 is 0 Å². The number of hydrogen-bond donors (Lipinski definition) is 1. The fourth-order valence-corrected chi connectivity index (χ4v) is 2.82. The largest absolute Gasteiger partial charge is 0.351 e. The van der Waals surface area contributed by atoms with Gasteiger partial charge in [0.15, 0.2) is 11.6 Å². The summed E-state index contributed by atoms with van der Waals surface area (Å²) in [5.74, 6) is 2.41. The molecule has 1 saturated heterocycles. The number of nitrogens with zero attached hydrogens (tertiary/aromatic N) is 5. The molecule has 1 N–H and O–H groups in total. The van der Waals surface area contributed by atoms with Crippen molar-refractivity contribution in [2.24, 2.45) is 0 Å². The quantitative estimate of drug-likeness (QED) is 0.831. The van der Waals surface area contributed by atoms with Crippen molar-refractivity contribution >= 4 is 5.82 Å². The zero-order valence-corrected chi connectivity index (χ0v) is 12.9. The van der Waals surface area contributed by atoms with E-state index in [1.165, 1.54) is 6.42 Å². The molecule has 0 amide bonds. The second kappa shape index (κ2) is 7.31. The first kappa shape index (κ1) is 14.9. The first-order chi connectivity index (χ1) is 10.9. The van der Waals surface area contributed by atoms with E-state index in [0.29, 0.717) is 12.6 Å². The standard InChI is InChI=1S/C15H22N6O/c1-2-5-15-18-13(20-22-15)11-16-10-12-6-4-9-21(12)14-7-3-8-17-19-14/h3,7-8,12,16H,2,4-6,9-11H2,1H3/t12-/m0/s1. The topological polar surface area (TPSA) is 80.0 Å². The van der Waals surface area contributed by atoms with E-state index in [2.05, 4.69) is 37.5 Å². The average Bonchev–Trinajstić information content (AvgIpc) is 3.18. The predicted molar refractivity (Wildman–Crippen MR) is 82.4 cm³/mol. The van der Waals surface area contributed by atoms with Crippen LogP contribution in [0.3, 0.4) is 0 Å². The van der Waals surface area contributed by atoms with E-state index in [4.69, 9.17) is 4.52 Å². The van der Waals surface area contributed by atoms with Gasteiger partial charge in [-0.2, -0.15) is 10.1 Å². The summed E-state index contributed by atoms with van der Waals surface area (Å²) in [5, 5.41) is 15.6. The second-order valence-electron chi connectivity index (χ2n) is 5.56. The normalized spacial score (nSPS) is 18.0. The molecule has 3 rings (SSSR count). The Morgan fingerprint density at radius 1 is 1.45 bits per heavy atom. The van der Waals surface area contributed by atoms with Crippen LogP contribution in [0.15, 0.2) is 22.9 Å². The molecule has 2 aromatic heterocycles. The maximum Gasteiger partial charge on any atom is 0.226 e. The molecule has 22 heavy (non-hydrogen) atoms. The third-order valence-electron chi connectivity index (χ3n) is 3.87. The molecule has 3 heterocycles. The first-order valence-corrected chi connectivity index (χ1v) is 7.93. The number of aryl methyl sites for hydroxylation is 1. The summed E-state index contributed by atoms with van der Waals surface area (Å²) >= 11 is 0. The van der Waals surface area contributed by atoms with Gasteiger partial charge in [-0.1, -0.05) is 12.1 Å². The first-order valence-electron chi connectivity index (χ1n) is 7.93. The monoisotopic (exact) mass is 302 g/mol. The van der Waals surface area contributed by atoms with Gasteiger partial charge < -0.3 is 14.7 Å². The van der Waals surface area contributed by atoms with E-state index in [9.17, 15) is 0 Å². The zero-order chi connectivity index (χ0) is 15.2. The molecule has 0 bridgehead atoms. The Morgan fingerprint density at radius 2 is 2.41 bits per heavy atom. The summed E-state index contributed by atoms with van der Waals surface area (Å²) in [5.41, 5.74) is 0. The third-order valence-corrected chi connectivity index (χ3v) is 3.87. The smallest absolute Gasteiger partial charge is 0.226 e. The lowest BCUT2D eigenvalue weighted by Crippen LogP contribution is -2.38. The van der Waals surface area contributed by atoms with Crippen molar-refractivity contribution in [3.8, 4) is 0 Å². The predicted octanol–water partition coefficient (Wildman–Crippen LogP) is 1.57. The fraction of sp³-hybridized carbons (Fsp3) is 0.600. The number of hydrogen-bond acceptors (Lipinski definition) is 7. The van der Waals surface area contributed by atoms with Crippen molar-refractivity contribution in [2.75, 3.05) is 18.0 Å². The highest BCUT2D eigenvalue weighted by atomic mass is 16.5. The van der Waals surface area contributed by atoms with Gasteiger partial charge in [0, 0.05) is 31.7 Å². The molecule has 0 aliphatic carbocycles. The van der Waals surface area contributed by atoms with Crippen LogP contribution in [0.5, 0.6) is 0 Å². The Labute approximate surface area is 130 Å². The molecule has 118 valence electrons. The highest BCUT2D eigenvalue weighted by molar-refractivity contribution is 5.39. The molecule has 0 aromatic carbocycles. The van der Waals surface area contributed by atoms with Crippen LogP contribution in [-0.2, 0) is 13.0 Å². The van der Waals surface area contributed by atoms with E-state index in [1.54, 1.807) is 6.20 Å². The molecule has 1 fully saturated rings. The van der Waals surface area contributed by atoms with E-state index in [0.717, 1.165) is 49.9 Å². The van der Waals surface area contributed by atoms with Gasteiger partial charge in [-0.25, -0.2) is 0 Å². The van der Waals surface area contributed by atoms with Gasteiger partial charge in [0.25, 0.3) is 0 Å². The van der Waals surface area contributed by atoms with Gasteiger partial charge >= 0.3 is 0 Å². The van der Waals surface area contributed by atoms with Crippen molar-refractivity contribution in [3.63, 3.8) is 0 Å². The Morgan fingerprint density at radius 3 is 3.23 bits per heavy atom. The number of aromatic nitrogens is 4. The molecule has 7 nitrogen and oxygen atoms in total. The molecule has 0 unspecified atom stereocenters. The molecule has 0 radical (unpaired) electrons. The van der Waals surface area contributed by atoms with Crippen molar-refractivity contribution in [1.29, 1.82) is 0 Å². The van der Waals surface area contributed by atoms with Gasteiger partial charge in [-0.3, -0.25) is 0 Å². The van der Waals surface area contributed by atoms with Gasteiger partial charge in [-0.05, 0) is 31.4 Å². The molecule has 1 aliphatic heterocycles. The number of rotatable bonds is 7.